The number of fused-ring (bicyclic) bond motifs is 6. The molecule has 0 unspecified atom stereocenters. The lowest BCUT2D eigenvalue weighted by molar-refractivity contribution is 0.769. The van der Waals surface area contributed by atoms with Gasteiger partial charge in [0.1, 0.15) is 0 Å². The van der Waals surface area contributed by atoms with Crippen LogP contribution in [0.15, 0.2) is 231 Å². The molecule has 1 aliphatic carbocycles. The highest BCUT2D eigenvalue weighted by Crippen LogP contribution is 2.56. The van der Waals surface area contributed by atoms with Gasteiger partial charge < -0.3 is 0 Å². The van der Waals surface area contributed by atoms with Crippen LogP contribution in [-0.4, -0.2) is 9.97 Å². The van der Waals surface area contributed by atoms with Gasteiger partial charge in [-0.25, -0.2) is 9.97 Å². The molecule has 0 bridgehead atoms. The Morgan fingerprint density at radius 2 is 0.839 bits per heavy atom. The van der Waals surface area contributed by atoms with Crippen LogP contribution in [0.5, 0.6) is 0 Å². The Bertz CT molecular complexity index is 3420. The summed E-state index contributed by atoms with van der Waals surface area (Å²) >= 11 is 1.86. The second-order valence-electron chi connectivity index (χ2n) is 16.1. The molecule has 12 rings (SSSR count). The van der Waals surface area contributed by atoms with Crippen molar-refractivity contribution < 1.29 is 0 Å². The Hall–Kier alpha value is -7.72. The molecule has 0 fully saturated rings. The molecule has 9 aromatic carbocycles. The van der Waals surface area contributed by atoms with Gasteiger partial charge in [-0.05, 0) is 86.0 Å². The maximum Gasteiger partial charge on any atom is 0.160 e. The number of hydrogen-bond donors (Lipinski definition) is 0. The molecule has 0 saturated carbocycles. The van der Waals surface area contributed by atoms with Crippen LogP contribution in [0.25, 0.3) is 87.5 Å². The fraction of sp³-hybridized carbons (Fsp3) is 0.0169. The minimum absolute atomic E-state index is 0.467. The summed E-state index contributed by atoms with van der Waals surface area (Å²) in [5.74, 6) is 0.700. The van der Waals surface area contributed by atoms with Crippen LogP contribution >= 0.6 is 11.3 Å². The standard InChI is InChI=1S/C59H38N2S/c1-4-17-39(18-5-1)58-60-54(38-55(61-58)44-22-15-20-42(36-44)47-29-16-30-51-50-28-11-13-32-56(50)62-57(47)51)43-21-14-19-40(35-43)41-33-34-49-48-27-10-12-31-52(48)59(53(49)37-41,45-23-6-2-7-24-45)46-25-8-3-9-26-46/h1-38H. The van der Waals surface area contributed by atoms with E-state index in [-0.39, 0.29) is 0 Å². The first-order valence-corrected chi connectivity index (χ1v) is 22.0. The maximum atomic E-state index is 5.26. The van der Waals surface area contributed by atoms with E-state index in [2.05, 4.69) is 224 Å². The summed E-state index contributed by atoms with van der Waals surface area (Å²) in [7, 11) is 0. The molecule has 0 N–H and O–H groups in total. The van der Waals surface area contributed by atoms with Crippen LogP contribution in [0.1, 0.15) is 22.3 Å². The molecule has 62 heavy (non-hydrogen) atoms. The van der Waals surface area contributed by atoms with E-state index >= 15 is 0 Å². The number of hydrogen-bond acceptors (Lipinski definition) is 3. The van der Waals surface area contributed by atoms with Crippen LogP contribution in [-0.2, 0) is 5.41 Å². The van der Waals surface area contributed by atoms with Gasteiger partial charge in [0.15, 0.2) is 5.82 Å². The number of rotatable bonds is 7. The molecule has 0 aliphatic heterocycles. The van der Waals surface area contributed by atoms with Gasteiger partial charge in [-0.2, -0.15) is 0 Å². The minimum atomic E-state index is -0.467. The summed E-state index contributed by atoms with van der Waals surface area (Å²) < 4.78 is 2.61. The van der Waals surface area contributed by atoms with Gasteiger partial charge in [-0.15, -0.1) is 11.3 Å². The molecule has 2 aromatic heterocycles. The molecular formula is C59H38N2S. The Morgan fingerprint density at radius 1 is 0.323 bits per heavy atom. The van der Waals surface area contributed by atoms with Gasteiger partial charge >= 0.3 is 0 Å². The third-order valence-corrected chi connectivity index (χ3v) is 13.8. The van der Waals surface area contributed by atoms with Crippen molar-refractivity contribution in [2.75, 3.05) is 0 Å². The lowest BCUT2D eigenvalue weighted by atomic mass is 9.67. The van der Waals surface area contributed by atoms with Crippen molar-refractivity contribution in [3.63, 3.8) is 0 Å². The molecule has 0 atom stereocenters. The number of thiophene rings is 1. The molecular weight excluding hydrogens is 769 g/mol. The molecule has 2 nitrogen and oxygen atoms in total. The van der Waals surface area contributed by atoms with Crippen molar-refractivity contribution in [1.82, 2.24) is 9.97 Å². The smallest absolute Gasteiger partial charge is 0.160 e. The van der Waals surface area contributed by atoms with Crippen LogP contribution in [0.3, 0.4) is 0 Å². The van der Waals surface area contributed by atoms with Gasteiger partial charge in [-0.1, -0.05) is 200 Å². The van der Waals surface area contributed by atoms with Gasteiger partial charge in [0.2, 0.25) is 0 Å². The molecule has 11 aromatic rings. The van der Waals surface area contributed by atoms with Crippen molar-refractivity contribution in [1.29, 1.82) is 0 Å². The zero-order valence-electron chi connectivity index (χ0n) is 33.7. The molecule has 1 aliphatic rings. The Kier molecular flexibility index (Phi) is 8.62. The van der Waals surface area contributed by atoms with Crippen LogP contribution < -0.4 is 0 Å². The topological polar surface area (TPSA) is 25.8 Å². The molecule has 0 amide bonds. The lowest BCUT2D eigenvalue weighted by Gasteiger charge is -2.34. The third kappa shape index (κ3) is 5.85. The number of benzene rings is 9. The average Bonchev–Trinajstić information content (AvgIpc) is 3.89. The van der Waals surface area contributed by atoms with Crippen molar-refractivity contribution in [3.05, 3.63) is 253 Å². The zero-order chi connectivity index (χ0) is 41.0. The van der Waals surface area contributed by atoms with Crippen molar-refractivity contribution in [2.24, 2.45) is 0 Å². The number of nitrogens with zero attached hydrogens (tertiary/aromatic N) is 2. The summed E-state index contributed by atoms with van der Waals surface area (Å²) in [6.45, 7) is 0. The fourth-order valence-corrected chi connectivity index (χ4v) is 11.0. The largest absolute Gasteiger partial charge is 0.228 e. The van der Waals surface area contributed by atoms with E-state index in [4.69, 9.17) is 9.97 Å². The molecule has 0 saturated heterocycles. The van der Waals surface area contributed by atoms with Crippen molar-refractivity contribution in [3.8, 4) is 67.3 Å². The fourth-order valence-electron chi connectivity index (χ4n) is 9.76. The normalized spacial score (nSPS) is 12.6. The zero-order valence-corrected chi connectivity index (χ0v) is 34.6. The maximum absolute atomic E-state index is 5.26. The van der Waals surface area contributed by atoms with Gasteiger partial charge in [0.05, 0.1) is 16.8 Å². The predicted molar refractivity (Wildman–Crippen MR) is 259 cm³/mol. The lowest BCUT2D eigenvalue weighted by Crippen LogP contribution is -2.28. The predicted octanol–water partition coefficient (Wildman–Crippen LogP) is 15.5. The van der Waals surface area contributed by atoms with Crippen LogP contribution in [0, 0.1) is 0 Å². The van der Waals surface area contributed by atoms with E-state index in [1.807, 2.05) is 17.4 Å². The number of aromatic nitrogens is 2. The van der Waals surface area contributed by atoms with E-state index in [0.717, 1.165) is 39.2 Å². The monoisotopic (exact) mass is 806 g/mol. The van der Waals surface area contributed by atoms with Crippen LogP contribution in [0.2, 0.25) is 0 Å². The Morgan fingerprint density at radius 3 is 1.58 bits per heavy atom. The second kappa shape index (κ2) is 14.8. The highest BCUT2D eigenvalue weighted by Gasteiger charge is 2.46. The average molecular weight is 807 g/mol. The molecule has 3 heteroatoms. The van der Waals surface area contributed by atoms with Crippen LogP contribution in [0.4, 0.5) is 0 Å². The van der Waals surface area contributed by atoms with E-state index < -0.39 is 5.41 Å². The van der Waals surface area contributed by atoms with Gasteiger partial charge in [-0.3, -0.25) is 0 Å². The first-order valence-electron chi connectivity index (χ1n) is 21.1. The van der Waals surface area contributed by atoms with E-state index in [1.54, 1.807) is 0 Å². The van der Waals surface area contributed by atoms with Gasteiger partial charge in [0.25, 0.3) is 0 Å². The SMILES string of the molecule is c1ccc(-c2nc(-c3cccc(-c4ccc5c(c4)C(c4ccccc4)(c4ccccc4)c4ccccc4-5)c3)cc(-c3cccc(-c4cccc5c4sc4ccccc45)c3)n2)cc1. The minimum Gasteiger partial charge on any atom is -0.228 e. The van der Waals surface area contributed by atoms with E-state index in [0.29, 0.717) is 5.82 Å². The second-order valence-corrected chi connectivity index (χ2v) is 17.1. The summed E-state index contributed by atoms with van der Waals surface area (Å²) in [5.41, 5.74) is 16.7. The molecule has 2 heterocycles. The summed E-state index contributed by atoms with van der Waals surface area (Å²) in [5, 5.41) is 2.60. The summed E-state index contributed by atoms with van der Waals surface area (Å²) in [6.07, 6.45) is 0. The Labute approximate surface area is 365 Å². The highest BCUT2D eigenvalue weighted by atomic mass is 32.1. The summed E-state index contributed by atoms with van der Waals surface area (Å²) in [6, 6.07) is 83.4. The van der Waals surface area contributed by atoms with Gasteiger partial charge in [0, 0.05) is 36.9 Å². The summed E-state index contributed by atoms with van der Waals surface area (Å²) in [4.78, 5) is 10.5. The quantitative estimate of drug-likeness (QED) is 0.160. The van der Waals surface area contributed by atoms with E-state index in [9.17, 15) is 0 Å². The molecule has 290 valence electrons. The third-order valence-electron chi connectivity index (χ3n) is 12.6. The van der Waals surface area contributed by atoms with E-state index in [1.165, 1.54) is 64.7 Å². The Balaban J connectivity index is 0.994. The molecule has 0 spiro atoms. The highest BCUT2D eigenvalue weighted by molar-refractivity contribution is 7.26. The first kappa shape index (κ1) is 36.2. The first-order chi connectivity index (χ1) is 30.7. The molecule has 0 radical (unpaired) electrons. The van der Waals surface area contributed by atoms with Crippen molar-refractivity contribution >= 4 is 31.5 Å². The van der Waals surface area contributed by atoms with Crippen molar-refractivity contribution in [2.45, 2.75) is 5.41 Å².